The van der Waals surface area contributed by atoms with E-state index in [1.165, 1.54) is 30.4 Å². The number of aliphatic hydroxyl groups is 1. The maximum absolute atomic E-state index is 10.6. The van der Waals surface area contributed by atoms with Crippen LogP contribution in [-0.4, -0.2) is 21.2 Å². The highest BCUT2D eigenvalue weighted by Gasteiger charge is 2.54. The van der Waals surface area contributed by atoms with E-state index < -0.39 is 0 Å². The Hall–Kier alpha value is -2.00. The van der Waals surface area contributed by atoms with Gasteiger partial charge in [0.25, 0.3) is 0 Å². The van der Waals surface area contributed by atoms with Crippen LogP contribution in [-0.2, 0) is 6.42 Å². The Labute approximate surface area is 159 Å². The van der Waals surface area contributed by atoms with Crippen LogP contribution in [0.2, 0.25) is 0 Å². The lowest BCUT2D eigenvalue weighted by Gasteiger charge is -2.50. The average Bonchev–Trinajstić information content (AvgIpc) is 3.01. The number of para-hydroxylation sites is 2. The van der Waals surface area contributed by atoms with E-state index in [0.717, 1.165) is 47.2 Å². The SMILES string of the molecule is C[C@]12CC[C@@H]3c4ccc5nc6ccccc6nc5c4CC[C@H]3[C@@H]1CC[C@@H]2O. The van der Waals surface area contributed by atoms with Crippen molar-refractivity contribution in [2.24, 2.45) is 17.3 Å². The lowest BCUT2D eigenvalue weighted by atomic mass is 9.55. The summed E-state index contributed by atoms with van der Waals surface area (Å²) >= 11 is 0. The number of rotatable bonds is 0. The molecule has 3 aliphatic rings. The molecule has 0 amide bonds. The van der Waals surface area contributed by atoms with Gasteiger partial charge in [0.05, 0.1) is 28.2 Å². The van der Waals surface area contributed by atoms with Crippen molar-refractivity contribution in [3.05, 3.63) is 47.5 Å². The minimum absolute atomic E-state index is 0.0984. The van der Waals surface area contributed by atoms with E-state index in [4.69, 9.17) is 9.97 Å². The molecule has 3 aliphatic carbocycles. The molecule has 27 heavy (non-hydrogen) atoms. The summed E-state index contributed by atoms with van der Waals surface area (Å²) in [5.74, 6) is 2.03. The van der Waals surface area contributed by atoms with Crippen LogP contribution in [0.1, 0.15) is 56.1 Å². The summed E-state index contributed by atoms with van der Waals surface area (Å²) in [7, 11) is 0. The Morgan fingerprint density at radius 3 is 2.59 bits per heavy atom. The number of aryl methyl sites for hydroxylation is 1. The third-order valence-electron chi connectivity index (χ3n) is 8.17. The van der Waals surface area contributed by atoms with E-state index in [-0.39, 0.29) is 11.5 Å². The van der Waals surface area contributed by atoms with E-state index in [1.807, 2.05) is 18.2 Å². The van der Waals surface area contributed by atoms with Crippen LogP contribution in [0.4, 0.5) is 0 Å². The van der Waals surface area contributed by atoms with Gasteiger partial charge in [-0.2, -0.15) is 0 Å². The molecule has 0 unspecified atom stereocenters. The number of hydrogen-bond donors (Lipinski definition) is 1. The standard InChI is InChI=1S/C24H26N2O/c1-24-13-12-15-14-8-10-21-23(26-20-5-3-2-4-19(20)25-21)17(14)7-6-16(15)18(24)9-11-22(24)27/h2-5,8,10,15-16,18,22,27H,6-7,9,11-13H2,1H3/t15-,16-,18+,22+,24+/m1/s1. The number of fused-ring (bicyclic) bond motifs is 8. The van der Waals surface area contributed by atoms with Gasteiger partial charge in [-0.3, -0.25) is 0 Å². The maximum atomic E-state index is 10.6. The van der Waals surface area contributed by atoms with Crippen molar-refractivity contribution < 1.29 is 5.11 Å². The molecule has 0 aliphatic heterocycles. The highest BCUT2D eigenvalue weighted by molar-refractivity contribution is 5.88. The fourth-order valence-corrected chi connectivity index (χ4v) is 6.73. The van der Waals surface area contributed by atoms with Crippen LogP contribution in [0.25, 0.3) is 22.1 Å². The summed E-state index contributed by atoms with van der Waals surface area (Å²) in [6.45, 7) is 2.35. The predicted molar refractivity (Wildman–Crippen MR) is 108 cm³/mol. The molecule has 1 heterocycles. The maximum Gasteiger partial charge on any atom is 0.0929 e. The normalized spacial score (nSPS) is 35.0. The smallest absolute Gasteiger partial charge is 0.0929 e. The molecule has 0 bridgehead atoms. The summed E-state index contributed by atoms with van der Waals surface area (Å²) in [6.07, 6.45) is 6.79. The Kier molecular flexibility index (Phi) is 3.27. The molecule has 0 saturated heterocycles. The van der Waals surface area contributed by atoms with Gasteiger partial charge >= 0.3 is 0 Å². The lowest BCUT2D eigenvalue weighted by Crippen LogP contribution is -2.43. The minimum Gasteiger partial charge on any atom is -0.393 e. The predicted octanol–water partition coefficient (Wildman–Crippen LogP) is 5.00. The average molecular weight is 358 g/mol. The summed E-state index contributed by atoms with van der Waals surface area (Å²) in [5.41, 5.74) is 7.22. The molecule has 3 aromatic rings. The molecule has 2 saturated carbocycles. The summed E-state index contributed by atoms with van der Waals surface area (Å²) < 4.78 is 0. The highest BCUT2D eigenvalue weighted by atomic mass is 16.3. The summed E-state index contributed by atoms with van der Waals surface area (Å²) in [5, 5.41) is 10.6. The third-order valence-corrected chi connectivity index (χ3v) is 8.17. The first-order valence-corrected chi connectivity index (χ1v) is 10.5. The van der Waals surface area contributed by atoms with Crippen LogP contribution < -0.4 is 0 Å². The molecule has 5 atom stereocenters. The van der Waals surface area contributed by atoms with Gasteiger partial charge in [0.2, 0.25) is 0 Å². The van der Waals surface area contributed by atoms with Crippen molar-refractivity contribution in [1.82, 2.24) is 9.97 Å². The fraction of sp³-hybridized carbons (Fsp3) is 0.500. The van der Waals surface area contributed by atoms with Crippen molar-refractivity contribution >= 4 is 22.1 Å². The second-order valence-corrected chi connectivity index (χ2v) is 9.27. The molecule has 2 aromatic carbocycles. The van der Waals surface area contributed by atoms with Crippen molar-refractivity contribution in [3.63, 3.8) is 0 Å². The molecule has 0 spiro atoms. The second kappa shape index (κ2) is 5.51. The number of aliphatic hydroxyl groups excluding tert-OH is 1. The second-order valence-electron chi connectivity index (χ2n) is 9.27. The van der Waals surface area contributed by atoms with Crippen molar-refractivity contribution in [2.45, 2.75) is 57.5 Å². The Bertz CT molecular complexity index is 1060. The molecule has 0 radical (unpaired) electrons. The number of aromatic nitrogens is 2. The van der Waals surface area contributed by atoms with Gasteiger partial charge in [-0.25, -0.2) is 9.97 Å². The quantitative estimate of drug-likeness (QED) is 0.575. The molecule has 138 valence electrons. The van der Waals surface area contributed by atoms with Crippen LogP contribution in [0, 0.1) is 17.3 Å². The monoisotopic (exact) mass is 358 g/mol. The Morgan fingerprint density at radius 2 is 1.74 bits per heavy atom. The molecule has 3 heteroatoms. The van der Waals surface area contributed by atoms with E-state index in [1.54, 1.807) is 0 Å². The largest absolute Gasteiger partial charge is 0.393 e. The van der Waals surface area contributed by atoms with Crippen molar-refractivity contribution in [2.75, 3.05) is 0 Å². The van der Waals surface area contributed by atoms with Gasteiger partial charge in [-0.05, 0) is 91.0 Å². The van der Waals surface area contributed by atoms with Gasteiger partial charge < -0.3 is 5.11 Å². The van der Waals surface area contributed by atoms with E-state index in [9.17, 15) is 5.11 Å². The van der Waals surface area contributed by atoms with Gasteiger partial charge in [0, 0.05) is 0 Å². The van der Waals surface area contributed by atoms with E-state index >= 15 is 0 Å². The topological polar surface area (TPSA) is 46.0 Å². The van der Waals surface area contributed by atoms with Crippen molar-refractivity contribution in [1.29, 1.82) is 0 Å². The summed E-state index contributed by atoms with van der Waals surface area (Å²) in [4.78, 5) is 9.89. The molecule has 2 fully saturated rings. The first-order valence-electron chi connectivity index (χ1n) is 10.5. The molecular weight excluding hydrogens is 332 g/mol. The van der Waals surface area contributed by atoms with Gasteiger partial charge in [0.15, 0.2) is 0 Å². The highest BCUT2D eigenvalue weighted by Crippen LogP contribution is 2.61. The zero-order chi connectivity index (χ0) is 18.2. The number of nitrogens with zero attached hydrogens (tertiary/aromatic N) is 2. The zero-order valence-corrected chi connectivity index (χ0v) is 15.9. The van der Waals surface area contributed by atoms with Crippen LogP contribution >= 0.6 is 0 Å². The van der Waals surface area contributed by atoms with Crippen molar-refractivity contribution in [3.8, 4) is 0 Å². The molecule has 6 rings (SSSR count). The zero-order valence-electron chi connectivity index (χ0n) is 15.9. The van der Waals surface area contributed by atoms with Gasteiger partial charge in [-0.1, -0.05) is 25.1 Å². The molecule has 3 nitrogen and oxygen atoms in total. The first kappa shape index (κ1) is 16.0. The molecule has 1 aromatic heterocycles. The Balaban J connectivity index is 1.48. The number of benzene rings is 2. The van der Waals surface area contributed by atoms with E-state index in [0.29, 0.717) is 11.8 Å². The molecular formula is C24H26N2O. The van der Waals surface area contributed by atoms with Gasteiger partial charge in [0.1, 0.15) is 0 Å². The first-order chi connectivity index (χ1) is 13.1. The number of hydrogen-bond acceptors (Lipinski definition) is 3. The van der Waals surface area contributed by atoms with Gasteiger partial charge in [-0.15, -0.1) is 0 Å². The van der Waals surface area contributed by atoms with Crippen LogP contribution in [0.3, 0.4) is 0 Å². The minimum atomic E-state index is -0.0984. The lowest BCUT2D eigenvalue weighted by molar-refractivity contribution is -0.0225. The van der Waals surface area contributed by atoms with Crippen LogP contribution in [0.5, 0.6) is 0 Å². The molecule has 1 N–H and O–H groups in total. The third kappa shape index (κ3) is 2.12. The summed E-state index contributed by atoms with van der Waals surface area (Å²) in [6, 6.07) is 12.7. The fourth-order valence-electron chi connectivity index (χ4n) is 6.73. The van der Waals surface area contributed by atoms with E-state index in [2.05, 4.69) is 25.1 Å². The Morgan fingerprint density at radius 1 is 0.926 bits per heavy atom. The van der Waals surface area contributed by atoms with Crippen LogP contribution in [0.15, 0.2) is 36.4 Å².